The molecule has 132 valence electrons. The molecule has 2 aromatic rings. The van der Waals surface area contributed by atoms with Gasteiger partial charge in [-0.15, -0.1) is 0 Å². The number of hydrogen-bond donors (Lipinski definition) is 1. The Labute approximate surface area is 150 Å². The summed E-state index contributed by atoms with van der Waals surface area (Å²) in [4.78, 5) is 17.2. The zero-order chi connectivity index (χ0) is 17.6. The Kier molecular flexibility index (Phi) is 5.84. The van der Waals surface area contributed by atoms with Crippen molar-refractivity contribution in [1.82, 2.24) is 15.1 Å². The van der Waals surface area contributed by atoms with E-state index in [-0.39, 0.29) is 11.9 Å². The Hall–Kier alpha value is -2.17. The van der Waals surface area contributed by atoms with E-state index in [0.29, 0.717) is 12.6 Å². The molecular formula is C21H27N3O. The monoisotopic (exact) mass is 337 g/mol. The maximum atomic E-state index is 13.0. The molecule has 1 N–H and O–H groups in total. The molecule has 1 saturated heterocycles. The first-order valence-corrected chi connectivity index (χ1v) is 8.97. The molecular weight excluding hydrogens is 310 g/mol. The average molecular weight is 337 g/mol. The van der Waals surface area contributed by atoms with E-state index in [2.05, 4.69) is 41.4 Å². The maximum Gasteiger partial charge on any atom is 0.237 e. The predicted molar refractivity (Wildman–Crippen MR) is 101 cm³/mol. The molecule has 0 aliphatic carbocycles. The fraction of sp³-hybridized carbons (Fsp3) is 0.381. The quantitative estimate of drug-likeness (QED) is 0.911. The summed E-state index contributed by atoms with van der Waals surface area (Å²) in [5.41, 5.74) is 2.27. The van der Waals surface area contributed by atoms with Crippen LogP contribution in [0.15, 0.2) is 60.7 Å². The third-order valence-electron chi connectivity index (χ3n) is 4.99. The number of piperazine rings is 1. The molecule has 4 nitrogen and oxygen atoms in total. The number of hydrogen-bond acceptors (Lipinski definition) is 3. The van der Waals surface area contributed by atoms with Crippen molar-refractivity contribution in [2.45, 2.75) is 19.0 Å². The van der Waals surface area contributed by atoms with Crippen molar-refractivity contribution in [3.05, 3.63) is 71.8 Å². The van der Waals surface area contributed by atoms with Gasteiger partial charge in [0.2, 0.25) is 5.91 Å². The van der Waals surface area contributed by atoms with Crippen LogP contribution in [0.3, 0.4) is 0 Å². The Morgan fingerprint density at radius 1 is 1.12 bits per heavy atom. The second-order valence-electron chi connectivity index (χ2n) is 6.75. The van der Waals surface area contributed by atoms with Crippen molar-refractivity contribution >= 4 is 5.91 Å². The normalized spacial score (nSPS) is 18.3. The summed E-state index contributed by atoms with van der Waals surface area (Å²) in [6.45, 7) is 5.45. The van der Waals surface area contributed by atoms with Gasteiger partial charge in [0.15, 0.2) is 0 Å². The minimum atomic E-state index is -0.0619. The lowest BCUT2D eigenvalue weighted by Crippen LogP contribution is -2.53. The van der Waals surface area contributed by atoms with Crippen LogP contribution in [0.25, 0.3) is 0 Å². The van der Waals surface area contributed by atoms with Gasteiger partial charge in [0.1, 0.15) is 0 Å². The van der Waals surface area contributed by atoms with Crippen LogP contribution in [-0.4, -0.2) is 55.0 Å². The van der Waals surface area contributed by atoms with Crippen LogP contribution >= 0.6 is 0 Å². The van der Waals surface area contributed by atoms with Crippen molar-refractivity contribution in [1.29, 1.82) is 0 Å². The molecule has 0 unspecified atom stereocenters. The van der Waals surface area contributed by atoms with Crippen LogP contribution in [0.5, 0.6) is 0 Å². The summed E-state index contributed by atoms with van der Waals surface area (Å²) >= 11 is 0. The van der Waals surface area contributed by atoms with Gasteiger partial charge in [0.05, 0.1) is 12.6 Å². The molecule has 3 rings (SSSR count). The van der Waals surface area contributed by atoms with Crippen LogP contribution in [0.2, 0.25) is 0 Å². The van der Waals surface area contributed by atoms with Gasteiger partial charge in [-0.2, -0.15) is 0 Å². The topological polar surface area (TPSA) is 35.6 Å². The summed E-state index contributed by atoms with van der Waals surface area (Å²) in [6, 6.07) is 20.8. The average Bonchev–Trinajstić information content (AvgIpc) is 2.65. The van der Waals surface area contributed by atoms with Gasteiger partial charge in [-0.05, 0) is 18.1 Å². The lowest BCUT2D eigenvalue weighted by atomic mass is 9.97. The molecule has 0 spiro atoms. The number of carbonyl (C=O) groups excluding carboxylic acids is 1. The van der Waals surface area contributed by atoms with Crippen LogP contribution in [0.4, 0.5) is 0 Å². The van der Waals surface area contributed by atoms with Gasteiger partial charge in [-0.3, -0.25) is 9.69 Å². The smallest absolute Gasteiger partial charge is 0.237 e. The minimum absolute atomic E-state index is 0.0619. The molecule has 0 bridgehead atoms. The Balaban J connectivity index is 1.81. The first-order chi connectivity index (χ1) is 12.2. The molecule has 1 aliphatic rings. The van der Waals surface area contributed by atoms with Crippen molar-refractivity contribution in [2.75, 3.05) is 33.2 Å². The standard InChI is InChI=1S/C21H27N3O/c1-17-15-22-13-14-24(17)16-20(25)23(2)21(18-9-5-3-6-10-18)19-11-7-4-8-12-19/h3-12,17,21-22H,13-16H2,1-2H3/t17-/m0/s1. The fourth-order valence-electron chi connectivity index (χ4n) is 3.46. The summed E-state index contributed by atoms with van der Waals surface area (Å²) < 4.78 is 0. The SMILES string of the molecule is C[C@H]1CNCCN1CC(=O)N(C)C(c1ccccc1)c1ccccc1. The van der Waals surface area contributed by atoms with E-state index in [1.807, 2.05) is 48.3 Å². The zero-order valence-electron chi connectivity index (χ0n) is 15.1. The van der Waals surface area contributed by atoms with E-state index in [4.69, 9.17) is 0 Å². The lowest BCUT2D eigenvalue weighted by Gasteiger charge is -2.36. The molecule has 1 amide bonds. The molecule has 0 radical (unpaired) electrons. The van der Waals surface area contributed by atoms with E-state index >= 15 is 0 Å². The highest BCUT2D eigenvalue weighted by molar-refractivity contribution is 5.79. The highest BCUT2D eigenvalue weighted by Crippen LogP contribution is 2.27. The van der Waals surface area contributed by atoms with Crippen LogP contribution in [0.1, 0.15) is 24.1 Å². The van der Waals surface area contributed by atoms with Gasteiger partial charge in [0, 0.05) is 32.7 Å². The van der Waals surface area contributed by atoms with E-state index in [1.165, 1.54) is 0 Å². The van der Waals surface area contributed by atoms with Gasteiger partial charge < -0.3 is 10.2 Å². The van der Waals surface area contributed by atoms with Gasteiger partial charge in [-0.25, -0.2) is 0 Å². The predicted octanol–water partition coefficient (Wildman–Crippen LogP) is 2.53. The first kappa shape index (κ1) is 17.6. The van der Waals surface area contributed by atoms with Crippen LogP contribution in [-0.2, 0) is 4.79 Å². The Bertz CT molecular complexity index is 635. The van der Waals surface area contributed by atoms with Crippen LogP contribution < -0.4 is 5.32 Å². The van der Waals surface area contributed by atoms with E-state index in [9.17, 15) is 4.79 Å². The van der Waals surface area contributed by atoms with E-state index in [1.54, 1.807) is 0 Å². The Morgan fingerprint density at radius 3 is 2.20 bits per heavy atom. The molecule has 1 atom stereocenters. The van der Waals surface area contributed by atoms with Crippen molar-refractivity contribution < 1.29 is 4.79 Å². The lowest BCUT2D eigenvalue weighted by molar-refractivity contribution is -0.133. The molecule has 1 heterocycles. The highest BCUT2D eigenvalue weighted by Gasteiger charge is 2.27. The second kappa shape index (κ2) is 8.28. The fourth-order valence-corrected chi connectivity index (χ4v) is 3.46. The summed E-state index contributed by atoms with van der Waals surface area (Å²) in [5, 5.41) is 3.37. The van der Waals surface area contributed by atoms with E-state index < -0.39 is 0 Å². The molecule has 25 heavy (non-hydrogen) atoms. The van der Waals surface area contributed by atoms with E-state index in [0.717, 1.165) is 30.8 Å². The van der Waals surface area contributed by atoms with Crippen molar-refractivity contribution in [3.63, 3.8) is 0 Å². The van der Waals surface area contributed by atoms with Gasteiger partial charge in [-0.1, -0.05) is 60.7 Å². The summed E-state index contributed by atoms with van der Waals surface area (Å²) in [7, 11) is 1.92. The number of rotatable bonds is 5. The summed E-state index contributed by atoms with van der Waals surface area (Å²) in [5.74, 6) is 0.159. The molecule has 1 fully saturated rings. The molecule has 1 aliphatic heterocycles. The highest BCUT2D eigenvalue weighted by atomic mass is 16.2. The first-order valence-electron chi connectivity index (χ1n) is 8.97. The third-order valence-corrected chi connectivity index (χ3v) is 4.99. The van der Waals surface area contributed by atoms with Crippen LogP contribution in [0, 0.1) is 0 Å². The number of amides is 1. The Morgan fingerprint density at radius 2 is 1.68 bits per heavy atom. The third kappa shape index (κ3) is 4.27. The molecule has 4 heteroatoms. The zero-order valence-corrected chi connectivity index (χ0v) is 15.1. The number of nitrogens with one attached hydrogen (secondary N) is 1. The number of carbonyl (C=O) groups is 1. The minimum Gasteiger partial charge on any atom is -0.334 e. The molecule has 2 aromatic carbocycles. The largest absolute Gasteiger partial charge is 0.334 e. The number of benzene rings is 2. The number of likely N-dealkylation sites (N-methyl/N-ethyl adjacent to an activating group) is 1. The van der Waals surface area contributed by atoms with Gasteiger partial charge in [0.25, 0.3) is 0 Å². The summed E-state index contributed by atoms with van der Waals surface area (Å²) in [6.07, 6.45) is 0. The van der Waals surface area contributed by atoms with Crippen molar-refractivity contribution in [2.24, 2.45) is 0 Å². The second-order valence-corrected chi connectivity index (χ2v) is 6.75. The maximum absolute atomic E-state index is 13.0. The molecule has 0 saturated carbocycles. The molecule has 0 aromatic heterocycles. The number of nitrogens with zero attached hydrogens (tertiary/aromatic N) is 2. The van der Waals surface area contributed by atoms with Crippen molar-refractivity contribution in [3.8, 4) is 0 Å². The van der Waals surface area contributed by atoms with Gasteiger partial charge >= 0.3 is 0 Å².